The van der Waals surface area contributed by atoms with Crippen molar-refractivity contribution in [1.82, 2.24) is 9.38 Å². The van der Waals surface area contributed by atoms with E-state index in [2.05, 4.69) is 52.4 Å². The van der Waals surface area contributed by atoms with E-state index in [1.54, 1.807) is 11.3 Å². The van der Waals surface area contributed by atoms with Crippen molar-refractivity contribution in [3.05, 3.63) is 72.2 Å². The second kappa shape index (κ2) is 4.62. The molecule has 0 aliphatic heterocycles. The van der Waals surface area contributed by atoms with Crippen LogP contribution in [0.5, 0.6) is 0 Å². The van der Waals surface area contributed by atoms with Gasteiger partial charge >= 0.3 is 0 Å². The lowest BCUT2D eigenvalue weighted by molar-refractivity contribution is 1.24. The molecule has 96 valence electrons. The smallest absolute Gasteiger partial charge is 0.194 e. The first-order chi connectivity index (χ1) is 9.92. The molecular formula is C17H12N2S. The lowest BCUT2D eigenvalue weighted by atomic mass is 10.1. The van der Waals surface area contributed by atoms with Crippen molar-refractivity contribution in [2.75, 3.05) is 0 Å². The molecule has 20 heavy (non-hydrogen) atoms. The fourth-order valence-corrected chi connectivity index (χ4v) is 3.23. The van der Waals surface area contributed by atoms with Gasteiger partial charge in [0, 0.05) is 17.1 Å². The molecule has 0 bridgehead atoms. The van der Waals surface area contributed by atoms with Crippen LogP contribution in [0.3, 0.4) is 0 Å². The van der Waals surface area contributed by atoms with Crippen LogP contribution in [-0.2, 0) is 0 Å². The summed E-state index contributed by atoms with van der Waals surface area (Å²) in [5.41, 5.74) is 4.59. The van der Waals surface area contributed by atoms with Crippen LogP contribution in [0.15, 0.2) is 72.2 Å². The standard InChI is InChI=1S/C17H12N2S/c1-3-7-13(8-4-1)15-11-19-16(12-20-17(19)18-15)14-9-5-2-6-10-14/h1-12H. The SMILES string of the molecule is c1ccc(-c2cn3c(-c4ccccc4)csc3n2)cc1. The highest BCUT2D eigenvalue weighted by Gasteiger charge is 2.10. The van der Waals surface area contributed by atoms with E-state index in [4.69, 9.17) is 4.98 Å². The molecule has 0 aliphatic carbocycles. The summed E-state index contributed by atoms with van der Waals surface area (Å²) in [6.07, 6.45) is 2.11. The van der Waals surface area contributed by atoms with Crippen LogP contribution in [0.2, 0.25) is 0 Å². The van der Waals surface area contributed by atoms with E-state index < -0.39 is 0 Å². The van der Waals surface area contributed by atoms with Gasteiger partial charge in [-0.15, -0.1) is 11.3 Å². The number of aromatic nitrogens is 2. The van der Waals surface area contributed by atoms with Gasteiger partial charge in [-0.3, -0.25) is 4.40 Å². The third kappa shape index (κ3) is 1.84. The minimum Gasteiger partial charge on any atom is -0.290 e. The summed E-state index contributed by atoms with van der Waals surface area (Å²) >= 11 is 1.68. The van der Waals surface area contributed by atoms with Gasteiger partial charge in [-0.1, -0.05) is 60.7 Å². The largest absolute Gasteiger partial charge is 0.290 e. The van der Waals surface area contributed by atoms with Crippen LogP contribution in [0.1, 0.15) is 0 Å². The lowest BCUT2D eigenvalue weighted by Crippen LogP contribution is -1.82. The van der Waals surface area contributed by atoms with Gasteiger partial charge in [0.2, 0.25) is 0 Å². The molecule has 0 amide bonds. The van der Waals surface area contributed by atoms with Gasteiger partial charge in [0.1, 0.15) is 0 Å². The van der Waals surface area contributed by atoms with E-state index >= 15 is 0 Å². The maximum Gasteiger partial charge on any atom is 0.194 e. The van der Waals surface area contributed by atoms with Crippen molar-refractivity contribution in [3.63, 3.8) is 0 Å². The molecule has 0 spiro atoms. The molecular weight excluding hydrogens is 264 g/mol. The zero-order chi connectivity index (χ0) is 13.4. The molecule has 4 aromatic rings. The quantitative estimate of drug-likeness (QED) is 0.517. The second-order valence-corrected chi connectivity index (χ2v) is 5.47. The Balaban J connectivity index is 1.88. The van der Waals surface area contributed by atoms with E-state index in [0.717, 1.165) is 16.2 Å². The van der Waals surface area contributed by atoms with Crippen molar-refractivity contribution in [2.45, 2.75) is 0 Å². The number of imidazole rings is 1. The summed E-state index contributed by atoms with van der Waals surface area (Å²) in [4.78, 5) is 5.74. The van der Waals surface area contributed by atoms with Crippen LogP contribution in [-0.4, -0.2) is 9.38 Å². The van der Waals surface area contributed by atoms with Gasteiger partial charge in [0.25, 0.3) is 0 Å². The number of hydrogen-bond donors (Lipinski definition) is 0. The first kappa shape index (κ1) is 11.4. The van der Waals surface area contributed by atoms with Crippen molar-refractivity contribution in [3.8, 4) is 22.5 Å². The van der Waals surface area contributed by atoms with Gasteiger partial charge in [-0.25, -0.2) is 4.98 Å². The molecule has 0 radical (unpaired) electrons. The zero-order valence-corrected chi connectivity index (χ0v) is 11.5. The Kier molecular flexibility index (Phi) is 2.64. The number of thiazole rings is 1. The van der Waals surface area contributed by atoms with E-state index in [9.17, 15) is 0 Å². The van der Waals surface area contributed by atoms with E-state index in [1.165, 1.54) is 11.3 Å². The average molecular weight is 276 g/mol. The van der Waals surface area contributed by atoms with Crippen LogP contribution in [0.4, 0.5) is 0 Å². The van der Waals surface area contributed by atoms with Gasteiger partial charge in [0.15, 0.2) is 4.96 Å². The van der Waals surface area contributed by atoms with Gasteiger partial charge in [-0.05, 0) is 5.56 Å². The Bertz CT molecular complexity index is 844. The Morgan fingerprint density at radius 3 is 2.15 bits per heavy atom. The monoisotopic (exact) mass is 276 g/mol. The number of rotatable bonds is 2. The maximum atomic E-state index is 4.71. The summed E-state index contributed by atoms with van der Waals surface area (Å²) < 4.78 is 2.17. The minimum atomic E-state index is 1.02. The van der Waals surface area contributed by atoms with Crippen LogP contribution < -0.4 is 0 Å². The van der Waals surface area contributed by atoms with Crippen LogP contribution in [0, 0.1) is 0 Å². The normalized spacial score (nSPS) is 11.0. The Morgan fingerprint density at radius 2 is 1.45 bits per heavy atom. The maximum absolute atomic E-state index is 4.71. The molecule has 0 N–H and O–H groups in total. The topological polar surface area (TPSA) is 17.3 Å². The summed E-state index contributed by atoms with van der Waals surface area (Å²) in [6, 6.07) is 20.7. The van der Waals surface area contributed by atoms with Gasteiger partial charge in [0.05, 0.1) is 11.4 Å². The molecule has 0 unspecified atom stereocenters. The van der Waals surface area contributed by atoms with Crippen molar-refractivity contribution in [2.24, 2.45) is 0 Å². The molecule has 0 atom stereocenters. The summed E-state index contributed by atoms with van der Waals surface area (Å²) in [5, 5.41) is 2.16. The molecule has 0 fully saturated rings. The van der Waals surface area contributed by atoms with Gasteiger partial charge < -0.3 is 0 Å². The number of hydrogen-bond acceptors (Lipinski definition) is 2. The predicted molar refractivity (Wildman–Crippen MR) is 83.9 cm³/mol. The Hall–Kier alpha value is -2.39. The van der Waals surface area contributed by atoms with Crippen molar-refractivity contribution >= 4 is 16.3 Å². The third-order valence-electron chi connectivity index (χ3n) is 3.35. The molecule has 2 nitrogen and oxygen atoms in total. The summed E-state index contributed by atoms with van der Waals surface area (Å²) in [7, 11) is 0. The first-order valence-electron chi connectivity index (χ1n) is 6.49. The fourth-order valence-electron chi connectivity index (χ4n) is 2.35. The second-order valence-electron chi connectivity index (χ2n) is 4.63. The lowest BCUT2D eigenvalue weighted by Gasteiger charge is -1.98. The molecule has 0 aliphatic rings. The highest BCUT2D eigenvalue weighted by Crippen LogP contribution is 2.28. The van der Waals surface area contributed by atoms with E-state index in [-0.39, 0.29) is 0 Å². The van der Waals surface area contributed by atoms with E-state index in [1.807, 2.05) is 24.3 Å². The Morgan fingerprint density at radius 1 is 0.800 bits per heavy atom. The van der Waals surface area contributed by atoms with Gasteiger partial charge in [-0.2, -0.15) is 0 Å². The summed E-state index contributed by atoms with van der Waals surface area (Å²) in [5.74, 6) is 0. The number of fused-ring (bicyclic) bond motifs is 1. The molecule has 2 aromatic heterocycles. The first-order valence-corrected chi connectivity index (χ1v) is 7.37. The molecule has 3 heteroatoms. The third-order valence-corrected chi connectivity index (χ3v) is 4.19. The molecule has 0 saturated heterocycles. The van der Waals surface area contributed by atoms with Crippen molar-refractivity contribution in [1.29, 1.82) is 0 Å². The van der Waals surface area contributed by atoms with Crippen LogP contribution in [0.25, 0.3) is 27.5 Å². The fraction of sp³-hybridized carbons (Fsp3) is 0. The van der Waals surface area contributed by atoms with E-state index in [0.29, 0.717) is 0 Å². The van der Waals surface area contributed by atoms with Crippen molar-refractivity contribution < 1.29 is 0 Å². The molecule has 2 heterocycles. The Labute approximate surface area is 121 Å². The number of benzene rings is 2. The molecule has 0 saturated carbocycles. The molecule has 4 rings (SSSR count). The zero-order valence-electron chi connectivity index (χ0n) is 10.7. The number of nitrogens with zero attached hydrogens (tertiary/aromatic N) is 2. The highest BCUT2D eigenvalue weighted by atomic mass is 32.1. The molecule has 2 aromatic carbocycles. The summed E-state index contributed by atoms with van der Waals surface area (Å²) in [6.45, 7) is 0. The predicted octanol–water partition coefficient (Wildman–Crippen LogP) is 4.73. The minimum absolute atomic E-state index is 1.02. The van der Waals surface area contributed by atoms with Crippen LogP contribution >= 0.6 is 11.3 Å². The highest BCUT2D eigenvalue weighted by molar-refractivity contribution is 7.15. The average Bonchev–Trinajstić information content (AvgIpc) is 3.09.